The average molecular weight is 368 g/mol. The molecule has 0 unspecified atom stereocenters. The fourth-order valence-corrected chi connectivity index (χ4v) is 3.84. The number of nitrogens with zero attached hydrogens (tertiary/aromatic N) is 4. The van der Waals surface area contributed by atoms with Crippen LogP contribution in [-0.4, -0.2) is 60.7 Å². The molecule has 1 saturated heterocycles. The van der Waals surface area contributed by atoms with Crippen LogP contribution in [0.15, 0.2) is 41.8 Å². The number of para-hydroxylation sites is 1. The minimum Gasteiger partial charge on any atom is -0.468 e. The van der Waals surface area contributed by atoms with Crippen LogP contribution in [0.5, 0.6) is 0 Å². The van der Waals surface area contributed by atoms with Gasteiger partial charge in [-0.1, -0.05) is 18.2 Å². The maximum absolute atomic E-state index is 11.5. The van der Waals surface area contributed by atoms with E-state index >= 15 is 0 Å². The number of hydrogen-bond acceptors (Lipinski definition) is 7. The van der Waals surface area contributed by atoms with Gasteiger partial charge in [0.05, 0.1) is 24.0 Å². The summed E-state index contributed by atoms with van der Waals surface area (Å²) in [6.07, 6.45) is 0. The summed E-state index contributed by atoms with van der Waals surface area (Å²) in [5.41, 5.74) is 0.956. The number of piperazine rings is 1. The van der Waals surface area contributed by atoms with Crippen LogP contribution in [0.2, 0.25) is 0 Å². The number of esters is 1. The Bertz CT molecular complexity index is 905. The van der Waals surface area contributed by atoms with Crippen LogP contribution in [0.25, 0.3) is 21.6 Å². The lowest BCUT2D eigenvalue weighted by atomic mass is 10.2. The molecule has 1 aliphatic heterocycles. The molecule has 0 atom stereocenters. The summed E-state index contributed by atoms with van der Waals surface area (Å²) >= 11 is 1.65. The third-order valence-electron chi connectivity index (χ3n) is 4.58. The molecule has 0 spiro atoms. The van der Waals surface area contributed by atoms with E-state index < -0.39 is 0 Å². The SMILES string of the molecule is COC(=O)CN1CCN(c2nc(-c3cccs3)nc3ccccc23)CC1. The van der Waals surface area contributed by atoms with Crippen molar-refractivity contribution in [1.29, 1.82) is 0 Å². The normalized spacial score (nSPS) is 15.3. The summed E-state index contributed by atoms with van der Waals surface area (Å²) in [5.74, 6) is 1.55. The molecule has 1 aromatic carbocycles. The molecule has 0 aliphatic carbocycles. The van der Waals surface area contributed by atoms with Crippen molar-refractivity contribution in [2.45, 2.75) is 0 Å². The number of aromatic nitrogens is 2. The quantitative estimate of drug-likeness (QED) is 0.660. The fraction of sp³-hybridized carbons (Fsp3) is 0.316. The molecular weight excluding hydrogens is 348 g/mol. The number of carbonyl (C=O) groups is 1. The van der Waals surface area contributed by atoms with Gasteiger partial charge in [-0.3, -0.25) is 9.69 Å². The number of thiophene rings is 1. The van der Waals surface area contributed by atoms with Gasteiger partial charge in [-0.15, -0.1) is 11.3 Å². The lowest BCUT2D eigenvalue weighted by molar-refractivity contribution is -0.142. The standard InChI is InChI=1S/C19H20N4O2S/c1-25-17(24)13-22-8-10-23(11-9-22)19-14-5-2-3-6-15(14)20-18(21-19)16-7-4-12-26-16/h2-7,12H,8-11,13H2,1H3. The summed E-state index contributed by atoms with van der Waals surface area (Å²) in [7, 11) is 1.43. The Balaban J connectivity index is 1.63. The van der Waals surface area contributed by atoms with Crippen LogP contribution < -0.4 is 4.90 Å². The summed E-state index contributed by atoms with van der Waals surface area (Å²) in [5, 5.41) is 3.10. The van der Waals surface area contributed by atoms with Gasteiger partial charge in [0.2, 0.25) is 0 Å². The van der Waals surface area contributed by atoms with E-state index in [9.17, 15) is 4.79 Å². The van der Waals surface area contributed by atoms with Gasteiger partial charge in [-0.25, -0.2) is 9.97 Å². The minimum atomic E-state index is -0.189. The first-order valence-corrected chi connectivity index (χ1v) is 9.47. The highest BCUT2D eigenvalue weighted by molar-refractivity contribution is 7.13. The van der Waals surface area contributed by atoms with Crippen LogP contribution in [0.4, 0.5) is 5.82 Å². The molecule has 0 N–H and O–H groups in total. The van der Waals surface area contributed by atoms with Crippen molar-refractivity contribution in [2.24, 2.45) is 0 Å². The van der Waals surface area contributed by atoms with Crippen LogP contribution in [0.3, 0.4) is 0 Å². The molecule has 0 amide bonds. The second-order valence-corrected chi connectivity index (χ2v) is 7.15. The number of methoxy groups -OCH3 is 1. The molecule has 2 aromatic heterocycles. The third-order valence-corrected chi connectivity index (χ3v) is 5.44. The highest BCUT2D eigenvalue weighted by Crippen LogP contribution is 2.29. The molecule has 4 rings (SSSR count). The molecule has 0 saturated carbocycles. The number of carbonyl (C=O) groups excluding carboxylic acids is 1. The van der Waals surface area contributed by atoms with E-state index in [1.54, 1.807) is 11.3 Å². The van der Waals surface area contributed by atoms with Crippen molar-refractivity contribution in [2.75, 3.05) is 44.7 Å². The second-order valence-electron chi connectivity index (χ2n) is 6.20. The van der Waals surface area contributed by atoms with E-state index in [-0.39, 0.29) is 5.97 Å². The first kappa shape index (κ1) is 16.9. The van der Waals surface area contributed by atoms with Gasteiger partial charge in [0.1, 0.15) is 5.82 Å². The van der Waals surface area contributed by atoms with Gasteiger partial charge in [0.15, 0.2) is 5.82 Å². The number of ether oxygens (including phenoxy) is 1. The minimum absolute atomic E-state index is 0.189. The maximum atomic E-state index is 11.5. The van der Waals surface area contributed by atoms with Crippen LogP contribution >= 0.6 is 11.3 Å². The van der Waals surface area contributed by atoms with E-state index in [1.807, 2.05) is 35.7 Å². The first-order chi connectivity index (χ1) is 12.7. The molecule has 3 aromatic rings. The summed E-state index contributed by atoms with van der Waals surface area (Å²) < 4.78 is 4.77. The zero-order valence-corrected chi connectivity index (χ0v) is 15.4. The van der Waals surface area contributed by atoms with E-state index in [4.69, 9.17) is 14.7 Å². The van der Waals surface area contributed by atoms with Gasteiger partial charge in [-0.2, -0.15) is 0 Å². The van der Waals surface area contributed by atoms with E-state index in [1.165, 1.54) is 7.11 Å². The topological polar surface area (TPSA) is 58.6 Å². The van der Waals surface area contributed by atoms with Gasteiger partial charge in [-0.05, 0) is 23.6 Å². The predicted octanol–water partition coefficient (Wildman–Crippen LogP) is 2.65. The number of anilines is 1. The molecule has 3 heterocycles. The Morgan fingerprint density at radius 3 is 2.65 bits per heavy atom. The van der Waals surface area contributed by atoms with Crippen molar-refractivity contribution in [3.63, 3.8) is 0 Å². The number of hydrogen-bond donors (Lipinski definition) is 0. The summed E-state index contributed by atoms with van der Waals surface area (Å²) in [6, 6.07) is 12.2. The van der Waals surface area contributed by atoms with Crippen molar-refractivity contribution in [3.8, 4) is 10.7 Å². The third kappa shape index (κ3) is 3.40. The molecule has 134 valence electrons. The molecule has 0 radical (unpaired) electrons. The number of benzene rings is 1. The molecule has 26 heavy (non-hydrogen) atoms. The van der Waals surface area contributed by atoms with Crippen LogP contribution in [0, 0.1) is 0 Å². The summed E-state index contributed by atoms with van der Waals surface area (Å²) in [4.78, 5) is 26.6. The van der Waals surface area contributed by atoms with Gasteiger partial charge >= 0.3 is 5.97 Å². The Kier molecular flexibility index (Phi) is 4.81. The van der Waals surface area contributed by atoms with Gasteiger partial charge in [0.25, 0.3) is 0 Å². The predicted molar refractivity (Wildman–Crippen MR) is 104 cm³/mol. The first-order valence-electron chi connectivity index (χ1n) is 8.59. The van der Waals surface area contributed by atoms with Crippen molar-refractivity contribution < 1.29 is 9.53 Å². The highest BCUT2D eigenvalue weighted by Gasteiger charge is 2.22. The number of fused-ring (bicyclic) bond motifs is 1. The molecule has 0 bridgehead atoms. The average Bonchev–Trinajstić information content (AvgIpc) is 3.22. The van der Waals surface area contributed by atoms with Gasteiger partial charge in [0, 0.05) is 31.6 Å². The second kappa shape index (κ2) is 7.39. The highest BCUT2D eigenvalue weighted by atomic mass is 32.1. The lowest BCUT2D eigenvalue weighted by Gasteiger charge is -2.35. The van der Waals surface area contributed by atoms with Crippen molar-refractivity contribution in [1.82, 2.24) is 14.9 Å². The monoisotopic (exact) mass is 368 g/mol. The molecule has 1 aliphatic rings. The Hall–Kier alpha value is -2.51. The van der Waals surface area contributed by atoms with Crippen LogP contribution in [-0.2, 0) is 9.53 Å². The Labute approximate surface area is 156 Å². The molecule has 1 fully saturated rings. The molecule has 6 nitrogen and oxygen atoms in total. The summed E-state index contributed by atoms with van der Waals surface area (Å²) in [6.45, 7) is 3.60. The zero-order chi connectivity index (χ0) is 17.9. The maximum Gasteiger partial charge on any atom is 0.319 e. The smallest absolute Gasteiger partial charge is 0.319 e. The molecular formula is C19H20N4O2S. The Morgan fingerprint density at radius 2 is 1.92 bits per heavy atom. The fourth-order valence-electron chi connectivity index (χ4n) is 3.18. The largest absolute Gasteiger partial charge is 0.468 e. The van der Waals surface area contributed by atoms with Crippen molar-refractivity contribution in [3.05, 3.63) is 41.8 Å². The molecule has 7 heteroatoms. The lowest BCUT2D eigenvalue weighted by Crippen LogP contribution is -2.48. The van der Waals surface area contributed by atoms with Crippen molar-refractivity contribution >= 4 is 34.0 Å². The van der Waals surface area contributed by atoms with Gasteiger partial charge < -0.3 is 9.64 Å². The van der Waals surface area contributed by atoms with E-state index in [0.29, 0.717) is 6.54 Å². The Morgan fingerprint density at radius 1 is 1.12 bits per heavy atom. The van der Waals surface area contributed by atoms with E-state index in [0.717, 1.165) is 53.6 Å². The van der Waals surface area contributed by atoms with E-state index in [2.05, 4.69) is 15.9 Å². The zero-order valence-electron chi connectivity index (χ0n) is 14.6. The number of rotatable bonds is 4. The van der Waals surface area contributed by atoms with Crippen LogP contribution in [0.1, 0.15) is 0 Å².